The Morgan fingerprint density at radius 3 is 2.74 bits per heavy atom. The molecule has 0 radical (unpaired) electrons. The van der Waals surface area contributed by atoms with Crippen molar-refractivity contribution < 1.29 is 0 Å². The first-order valence-electron chi connectivity index (χ1n) is 7.70. The molecular formula is C17H14ClN3S2. The molecule has 0 amide bonds. The summed E-state index contributed by atoms with van der Waals surface area (Å²) in [5.74, 6) is 8.82. The fraction of sp³-hybridized carbons (Fsp3) is 0.412. The monoisotopic (exact) mass is 359 g/mol. The summed E-state index contributed by atoms with van der Waals surface area (Å²) in [7, 11) is 0. The van der Waals surface area contributed by atoms with Gasteiger partial charge < -0.3 is 4.90 Å². The molecule has 3 saturated heterocycles. The zero-order chi connectivity index (χ0) is 15.4. The lowest BCUT2D eigenvalue weighted by molar-refractivity contribution is 0.405. The molecule has 6 rings (SSSR count). The van der Waals surface area contributed by atoms with Gasteiger partial charge >= 0.3 is 0 Å². The van der Waals surface area contributed by atoms with Gasteiger partial charge in [0.1, 0.15) is 5.03 Å². The van der Waals surface area contributed by atoms with Crippen LogP contribution in [0, 0.1) is 23.7 Å². The van der Waals surface area contributed by atoms with Crippen molar-refractivity contribution in [3.63, 3.8) is 0 Å². The lowest BCUT2D eigenvalue weighted by Crippen LogP contribution is -2.16. The minimum atomic E-state index is 0.346. The summed E-state index contributed by atoms with van der Waals surface area (Å²) in [6.07, 6.45) is 0. The van der Waals surface area contributed by atoms with Gasteiger partial charge in [-0.2, -0.15) is 8.75 Å². The molecular weight excluding hydrogens is 346 g/mol. The van der Waals surface area contributed by atoms with Gasteiger partial charge in [0, 0.05) is 35.6 Å². The van der Waals surface area contributed by atoms with Gasteiger partial charge in [0.2, 0.25) is 0 Å². The van der Waals surface area contributed by atoms with Gasteiger partial charge in [-0.05, 0) is 36.1 Å². The van der Waals surface area contributed by atoms with Crippen LogP contribution in [0.4, 0.5) is 0 Å². The van der Waals surface area contributed by atoms with Crippen molar-refractivity contribution in [3.8, 4) is 11.8 Å². The van der Waals surface area contributed by atoms with Gasteiger partial charge in [-0.15, -0.1) is 0 Å². The van der Waals surface area contributed by atoms with Crippen molar-refractivity contribution >= 4 is 35.1 Å². The maximum atomic E-state index is 5.88. The second-order valence-electron chi connectivity index (χ2n) is 6.46. The summed E-state index contributed by atoms with van der Waals surface area (Å²) < 4.78 is 9.19. The van der Waals surface area contributed by atoms with Crippen LogP contribution >= 0.6 is 35.1 Å². The minimum absolute atomic E-state index is 0.346. The number of benzene rings is 1. The first-order chi connectivity index (χ1) is 11.3. The van der Waals surface area contributed by atoms with Crippen molar-refractivity contribution in [3.05, 3.63) is 40.5 Å². The van der Waals surface area contributed by atoms with Crippen molar-refractivity contribution in [1.82, 2.24) is 13.6 Å². The van der Waals surface area contributed by atoms with Gasteiger partial charge in [-0.3, -0.25) is 0 Å². The van der Waals surface area contributed by atoms with E-state index < -0.39 is 0 Å². The number of hydrogen-bond donors (Lipinski definition) is 0. The fourth-order valence-electron chi connectivity index (χ4n) is 4.31. The van der Waals surface area contributed by atoms with E-state index in [-0.39, 0.29) is 0 Å². The zero-order valence-corrected chi connectivity index (χ0v) is 14.7. The quantitative estimate of drug-likeness (QED) is 0.622. The van der Waals surface area contributed by atoms with Crippen LogP contribution in [0.3, 0.4) is 0 Å². The smallest absolute Gasteiger partial charge is 0.135 e. The molecule has 0 N–H and O–H groups in total. The van der Waals surface area contributed by atoms with E-state index in [1.165, 1.54) is 37.1 Å². The van der Waals surface area contributed by atoms with Gasteiger partial charge in [-0.1, -0.05) is 35.2 Å². The predicted molar refractivity (Wildman–Crippen MR) is 94.1 cm³/mol. The second kappa shape index (κ2) is 5.22. The summed E-state index contributed by atoms with van der Waals surface area (Å²) >= 11 is 8.96. The topological polar surface area (TPSA) is 29.0 Å². The van der Waals surface area contributed by atoms with E-state index in [2.05, 4.69) is 25.5 Å². The summed E-state index contributed by atoms with van der Waals surface area (Å²) in [6.45, 7) is 3.73. The molecule has 1 aliphatic carbocycles. The van der Waals surface area contributed by atoms with E-state index in [0.717, 1.165) is 33.2 Å². The van der Waals surface area contributed by atoms with Crippen molar-refractivity contribution in [1.29, 1.82) is 0 Å². The highest BCUT2D eigenvalue weighted by Crippen LogP contribution is 2.69. The minimum Gasteiger partial charge on any atom is -0.302 e. The predicted octanol–water partition coefficient (Wildman–Crippen LogP) is 3.15. The highest BCUT2D eigenvalue weighted by molar-refractivity contribution is 7.99. The molecule has 4 fully saturated rings. The third kappa shape index (κ3) is 2.16. The molecule has 2 unspecified atom stereocenters. The van der Waals surface area contributed by atoms with Crippen molar-refractivity contribution in [2.45, 2.75) is 10.4 Å². The van der Waals surface area contributed by atoms with Gasteiger partial charge in [0.25, 0.3) is 0 Å². The largest absolute Gasteiger partial charge is 0.302 e. The van der Waals surface area contributed by atoms with Crippen LogP contribution in [-0.4, -0.2) is 39.0 Å². The van der Waals surface area contributed by atoms with Crippen LogP contribution in [0.15, 0.2) is 29.3 Å². The van der Waals surface area contributed by atoms with E-state index in [4.69, 9.17) is 11.6 Å². The highest BCUT2D eigenvalue weighted by atomic mass is 35.5. The molecule has 2 aromatic rings. The molecule has 23 heavy (non-hydrogen) atoms. The van der Waals surface area contributed by atoms with Gasteiger partial charge in [0.15, 0.2) is 0 Å². The van der Waals surface area contributed by atoms with Crippen molar-refractivity contribution in [2.75, 3.05) is 25.4 Å². The summed E-state index contributed by atoms with van der Waals surface area (Å²) in [6, 6.07) is 7.64. The molecule has 116 valence electrons. The summed E-state index contributed by atoms with van der Waals surface area (Å²) in [5.41, 5.74) is 2.60. The van der Waals surface area contributed by atoms with Gasteiger partial charge in [0.05, 0.1) is 23.2 Å². The van der Waals surface area contributed by atoms with E-state index in [9.17, 15) is 0 Å². The second-order valence-corrected chi connectivity index (χ2v) is 8.39. The average molecular weight is 360 g/mol. The molecule has 4 heterocycles. The highest BCUT2D eigenvalue weighted by Gasteiger charge is 2.76. The van der Waals surface area contributed by atoms with Crippen LogP contribution in [-0.2, 0) is 5.41 Å². The molecule has 1 aromatic carbocycles. The van der Waals surface area contributed by atoms with E-state index in [1.807, 2.05) is 24.3 Å². The molecule has 4 bridgehead atoms. The maximum absolute atomic E-state index is 5.88. The Morgan fingerprint density at radius 1 is 1.26 bits per heavy atom. The fourth-order valence-corrected chi connectivity index (χ4v) is 6.00. The molecule has 1 saturated carbocycles. The van der Waals surface area contributed by atoms with E-state index in [0.29, 0.717) is 5.41 Å². The number of aromatic nitrogens is 2. The van der Waals surface area contributed by atoms with Crippen molar-refractivity contribution in [2.24, 2.45) is 11.8 Å². The Labute approximate surface area is 148 Å². The summed E-state index contributed by atoms with van der Waals surface area (Å²) in [5, 5.41) is 1.85. The molecule has 6 heteroatoms. The van der Waals surface area contributed by atoms with Crippen LogP contribution < -0.4 is 0 Å². The third-order valence-corrected chi connectivity index (χ3v) is 7.09. The average Bonchev–Trinajstić information content (AvgIpc) is 3.15. The van der Waals surface area contributed by atoms with Crippen LogP contribution in [0.1, 0.15) is 11.3 Å². The Balaban J connectivity index is 1.28. The normalized spacial score (nSPS) is 32.7. The van der Waals surface area contributed by atoms with Gasteiger partial charge in [-0.25, -0.2) is 0 Å². The number of thioether (sulfide) groups is 1. The van der Waals surface area contributed by atoms with Crippen LogP contribution in [0.2, 0.25) is 5.02 Å². The number of nitrogens with zero attached hydrogens (tertiary/aromatic N) is 3. The molecule has 0 spiro atoms. The Hall–Kier alpha value is -1.06. The molecule has 4 aliphatic rings. The summed E-state index contributed by atoms with van der Waals surface area (Å²) in [4.78, 5) is 2.57. The zero-order valence-electron chi connectivity index (χ0n) is 12.3. The maximum Gasteiger partial charge on any atom is 0.135 e. The molecule has 3 nitrogen and oxygen atoms in total. The number of piperidine rings is 3. The molecule has 4 atom stereocenters. The lowest BCUT2D eigenvalue weighted by Gasteiger charge is -2.08. The molecule has 1 aromatic heterocycles. The number of rotatable bonds is 3. The lowest BCUT2D eigenvalue weighted by atomic mass is 10.0. The molecule has 3 aliphatic heterocycles. The first-order valence-corrected chi connectivity index (χ1v) is 9.79. The Morgan fingerprint density at radius 2 is 2.04 bits per heavy atom. The standard InChI is InChI=1S/C17H14ClN3S2/c18-12-5-3-11(4-6-12)2-1-7-22-16-15(19-23-20-16)17-10-21-8-13(17)14(17)9-21/h3-6,13-14H,7-10H2/t13-,14+,17?. The van der Waals surface area contributed by atoms with E-state index >= 15 is 0 Å². The third-order valence-electron chi connectivity index (χ3n) is 5.35. The van der Waals surface area contributed by atoms with E-state index in [1.54, 1.807) is 11.8 Å². The van der Waals surface area contributed by atoms with Crippen LogP contribution in [0.5, 0.6) is 0 Å². The Kier molecular flexibility index (Phi) is 3.24. The number of halogens is 1. The SMILES string of the molecule is Clc1ccc(C#CCSc2nsnc2C23CN4C[C@@H]2[C@@H]3C4)cc1. The first kappa shape index (κ1) is 14.3. The van der Waals surface area contributed by atoms with Crippen LogP contribution in [0.25, 0.3) is 0 Å². The Bertz CT molecular complexity index is 808. The number of hydrogen-bond acceptors (Lipinski definition) is 5.